The van der Waals surface area contributed by atoms with E-state index in [0.29, 0.717) is 17.5 Å². The fraction of sp³-hybridized carbons (Fsp3) is 0. The Balaban J connectivity index is 1.18. The summed E-state index contributed by atoms with van der Waals surface area (Å²) in [6.45, 7) is 0. The van der Waals surface area contributed by atoms with Gasteiger partial charge in [-0.15, -0.1) is 0 Å². The van der Waals surface area contributed by atoms with Crippen molar-refractivity contribution in [3.63, 3.8) is 0 Å². The molecule has 0 bridgehead atoms. The van der Waals surface area contributed by atoms with Crippen molar-refractivity contribution >= 4 is 0 Å². The molecule has 0 radical (unpaired) electrons. The molecule has 3 nitrogen and oxygen atoms in total. The monoisotopic (exact) mass is 613 g/mol. The maximum atomic E-state index is 5.07. The van der Waals surface area contributed by atoms with Crippen LogP contribution in [0, 0.1) is 0 Å². The molecule has 48 heavy (non-hydrogen) atoms. The fourth-order valence-corrected chi connectivity index (χ4v) is 6.02. The van der Waals surface area contributed by atoms with E-state index in [1.807, 2.05) is 42.5 Å². The molecule has 0 aliphatic rings. The Kier molecular flexibility index (Phi) is 7.92. The van der Waals surface area contributed by atoms with Gasteiger partial charge in [0, 0.05) is 16.7 Å². The molecular weight excluding hydrogens is 583 g/mol. The normalized spacial score (nSPS) is 10.9. The molecule has 1 aromatic heterocycles. The van der Waals surface area contributed by atoms with E-state index < -0.39 is 0 Å². The molecule has 1 heterocycles. The average Bonchev–Trinajstić information content (AvgIpc) is 3.19. The molecule has 3 heteroatoms. The third-order valence-corrected chi connectivity index (χ3v) is 8.54. The van der Waals surface area contributed by atoms with Crippen LogP contribution in [-0.4, -0.2) is 15.0 Å². The first-order valence-corrected chi connectivity index (χ1v) is 16.1. The SMILES string of the molecule is c1ccc(-c2ccc(-c3cccc(-c4nc(-c5ccccc5)nc(-c5cccc(-c6cccc(-c7ccccc7)c6)c5)n4)c3)cc2)cc1. The van der Waals surface area contributed by atoms with Crippen molar-refractivity contribution in [1.29, 1.82) is 0 Å². The van der Waals surface area contributed by atoms with E-state index in [1.54, 1.807) is 0 Å². The van der Waals surface area contributed by atoms with E-state index >= 15 is 0 Å². The number of nitrogens with zero attached hydrogens (tertiary/aromatic N) is 3. The van der Waals surface area contributed by atoms with Gasteiger partial charge in [0.2, 0.25) is 0 Å². The highest BCUT2D eigenvalue weighted by molar-refractivity contribution is 5.78. The van der Waals surface area contributed by atoms with Crippen molar-refractivity contribution in [2.24, 2.45) is 0 Å². The summed E-state index contributed by atoms with van der Waals surface area (Å²) in [5.74, 6) is 1.92. The third-order valence-electron chi connectivity index (χ3n) is 8.54. The summed E-state index contributed by atoms with van der Waals surface area (Å²) in [6, 6.07) is 65.3. The molecule has 0 aliphatic carbocycles. The molecule has 0 saturated carbocycles. The summed E-state index contributed by atoms with van der Waals surface area (Å²) in [5.41, 5.74) is 12.1. The van der Waals surface area contributed by atoms with Gasteiger partial charge in [-0.1, -0.05) is 170 Å². The lowest BCUT2D eigenvalue weighted by atomic mass is 9.98. The first-order chi connectivity index (χ1) is 23.8. The molecule has 0 spiro atoms. The number of rotatable bonds is 7. The first kappa shape index (κ1) is 29.0. The van der Waals surface area contributed by atoms with E-state index in [-0.39, 0.29) is 0 Å². The molecule has 0 saturated heterocycles. The second kappa shape index (κ2) is 13.1. The van der Waals surface area contributed by atoms with Gasteiger partial charge in [0.25, 0.3) is 0 Å². The Bertz CT molecular complexity index is 2310. The minimum absolute atomic E-state index is 0.637. The van der Waals surface area contributed by atoms with Gasteiger partial charge >= 0.3 is 0 Å². The Hall–Kier alpha value is -6.45. The smallest absolute Gasteiger partial charge is 0.164 e. The van der Waals surface area contributed by atoms with Gasteiger partial charge in [0.15, 0.2) is 17.5 Å². The Morgan fingerprint density at radius 1 is 0.188 bits per heavy atom. The van der Waals surface area contributed by atoms with Crippen LogP contribution in [0.25, 0.3) is 78.7 Å². The highest BCUT2D eigenvalue weighted by Gasteiger charge is 2.14. The topological polar surface area (TPSA) is 38.7 Å². The van der Waals surface area contributed by atoms with Crippen LogP contribution in [0.1, 0.15) is 0 Å². The predicted molar refractivity (Wildman–Crippen MR) is 198 cm³/mol. The van der Waals surface area contributed by atoms with E-state index in [0.717, 1.165) is 38.9 Å². The lowest BCUT2D eigenvalue weighted by Gasteiger charge is -2.11. The summed E-state index contributed by atoms with van der Waals surface area (Å²) < 4.78 is 0. The van der Waals surface area contributed by atoms with Gasteiger partial charge in [-0.05, 0) is 62.7 Å². The molecule has 226 valence electrons. The summed E-state index contributed by atoms with van der Waals surface area (Å²) in [5, 5.41) is 0. The molecule has 0 aliphatic heterocycles. The highest BCUT2D eigenvalue weighted by atomic mass is 15.0. The Labute approximate surface area is 280 Å². The lowest BCUT2D eigenvalue weighted by molar-refractivity contribution is 1.07. The molecule has 0 amide bonds. The molecule has 7 aromatic carbocycles. The zero-order valence-corrected chi connectivity index (χ0v) is 26.2. The lowest BCUT2D eigenvalue weighted by Crippen LogP contribution is -2.00. The zero-order valence-electron chi connectivity index (χ0n) is 26.2. The van der Waals surface area contributed by atoms with Gasteiger partial charge in [-0.3, -0.25) is 0 Å². The van der Waals surface area contributed by atoms with E-state index in [4.69, 9.17) is 15.0 Å². The highest BCUT2D eigenvalue weighted by Crippen LogP contribution is 2.32. The van der Waals surface area contributed by atoms with Crippen LogP contribution in [-0.2, 0) is 0 Å². The first-order valence-electron chi connectivity index (χ1n) is 16.1. The molecule has 8 rings (SSSR count). The average molecular weight is 614 g/mol. The van der Waals surface area contributed by atoms with Crippen LogP contribution in [0.3, 0.4) is 0 Å². The minimum Gasteiger partial charge on any atom is -0.208 e. The Morgan fingerprint density at radius 2 is 0.438 bits per heavy atom. The summed E-state index contributed by atoms with van der Waals surface area (Å²) in [4.78, 5) is 15.1. The zero-order chi connectivity index (χ0) is 32.1. The van der Waals surface area contributed by atoms with Crippen molar-refractivity contribution in [1.82, 2.24) is 15.0 Å². The molecular formula is C45H31N3. The van der Waals surface area contributed by atoms with Crippen molar-refractivity contribution in [3.8, 4) is 78.7 Å². The quantitative estimate of drug-likeness (QED) is 0.179. The van der Waals surface area contributed by atoms with Gasteiger partial charge in [0.05, 0.1) is 0 Å². The molecule has 0 N–H and O–H groups in total. The summed E-state index contributed by atoms with van der Waals surface area (Å²) in [6.07, 6.45) is 0. The van der Waals surface area contributed by atoms with Gasteiger partial charge < -0.3 is 0 Å². The number of benzene rings is 7. The van der Waals surface area contributed by atoms with Crippen LogP contribution >= 0.6 is 0 Å². The fourth-order valence-electron chi connectivity index (χ4n) is 6.02. The summed E-state index contributed by atoms with van der Waals surface area (Å²) in [7, 11) is 0. The van der Waals surface area contributed by atoms with Gasteiger partial charge in [-0.2, -0.15) is 0 Å². The van der Waals surface area contributed by atoms with Crippen LogP contribution in [0.2, 0.25) is 0 Å². The maximum absolute atomic E-state index is 5.07. The second-order valence-electron chi connectivity index (χ2n) is 11.7. The van der Waals surface area contributed by atoms with Crippen LogP contribution in [0.5, 0.6) is 0 Å². The van der Waals surface area contributed by atoms with E-state index in [9.17, 15) is 0 Å². The van der Waals surface area contributed by atoms with Crippen LogP contribution in [0.4, 0.5) is 0 Å². The standard InChI is InChI=1S/C45H31N3/c1-4-13-32(14-5-1)34-25-27-35(28-26-34)38-20-11-23-41(30-38)44-46-43(36-17-8-3-9-18-36)47-45(48-44)42-24-12-22-40(31-42)39-21-10-19-37(29-39)33-15-6-2-7-16-33/h1-31H. The van der Waals surface area contributed by atoms with Crippen LogP contribution in [0.15, 0.2) is 188 Å². The van der Waals surface area contributed by atoms with Crippen molar-refractivity contribution < 1.29 is 0 Å². The number of hydrogen-bond donors (Lipinski definition) is 0. The predicted octanol–water partition coefficient (Wildman–Crippen LogP) is 11.5. The van der Waals surface area contributed by atoms with E-state index in [1.165, 1.54) is 22.3 Å². The van der Waals surface area contributed by atoms with Crippen LogP contribution < -0.4 is 0 Å². The molecule has 0 fully saturated rings. The largest absolute Gasteiger partial charge is 0.208 e. The summed E-state index contributed by atoms with van der Waals surface area (Å²) >= 11 is 0. The number of hydrogen-bond acceptors (Lipinski definition) is 3. The van der Waals surface area contributed by atoms with Crippen molar-refractivity contribution in [3.05, 3.63) is 188 Å². The third kappa shape index (κ3) is 6.18. The Morgan fingerprint density at radius 3 is 0.875 bits per heavy atom. The van der Waals surface area contributed by atoms with Gasteiger partial charge in [-0.25, -0.2) is 15.0 Å². The molecule has 8 aromatic rings. The molecule has 0 atom stereocenters. The maximum Gasteiger partial charge on any atom is 0.164 e. The number of aromatic nitrogens is 3. The van der Waals surface area contributed by atoms with E-state index in [2.05, 4.69) is 146 Å². The van der Waals surface area contributed by atoms with Crippen molar-refractivity contribution in [2.75, 3.05) is 0 Å². The molecule has 0 unspecified atom stereocenters. The van der Waals surface area contributed by atoms with Gasteiger partial charge in [0.1, 0.15) is 0 Å². The minimum atomic E-state index is 0.637. The second-order valence-corrected chi connectivity index (χ2v) is 11.7. The van der Waals surface area contributed by atoms with Crippen molar-refractivity contribution in [2.45, 2.75) is 0 Å².